The number of carbonyl (C=O) groups is 3. The lowest BCUT2D eigenvalue weighted by atomic mass is 10.0. The number of benzene rings is 2. The van der Waals surface area contributed by atoms with Crippen LogP contribution in [0.4, 0.5) is 5.69 Å². The second-order valence-electron chi connectivity index (χ2n) is 6.49. The van der Waals surface area contributed by atoms with Crippen molar-refractivity contribution in [2.24, 2.45) is 5.73 Å². The lowest BCUT2D eigenvalue weighted by Gasteiger charge is -2.09. The first-order valence-electron chi connectivity index (χ1n) is 8.67. The van der Waals surface area contributed by atoms with Crippen LogP contribution in [-0.2, 0) is 20.7 Å². The van der Waals surface area contributed by atoms with Gasteiger partial charge >= 0.3 is 5.97 Å². The molecular weight excluding hydrogens is 360 g/mol. The lowest BCUT2D eigenvalue weighted by molar-refractivity contribution is -0.146. The van der Waals surface area contributed by atoms with Crippen molar-refractivity contribution in [2.75, 3.05) is 11.9 Å². The van der Waals surface area contributed by atoms with Gasteiger partial charge in [0.1, 0.15) is 5.58 Å². The van der Waals surface area contributed by atoms with Gasteiger partial charge in [-0.1, -0.05) is 12.1 Å². The fourth-order valence-electron chi connectivity index (χ4n) is 2.82. The first-order chi connectivity index (χ1) is 13.3. The van der Waals surface area contributed by atoms with E-state index in [0.29, 0.717) is 11.1 Å². The number of amides is 2. The summed E-state index contributed by atoms with van der Waals surface area (Å²) in [6.07, 6.45) is 1.51. The molecule has 1 aromatic heterocycles. The fraction of sp³-hybridized carbons (Fsp3) is 0.190. The molecular formula is C21H20N2O5. The highest BCUT2D eigenvalue weighted by molar-refractivity contribution is 6.03. The van der Waals surface area contributed by atoms with Crippen molar-refractivity contribution in [1.29, 1.82) is 0 Å². The number of aryl methyl sites for hydroxylation is 2. The van der Waals surface area contributed by atoms with Crippen molar-refractivity contribution in [3.8, 4) is 0 Å². The maximum atomic E-state index is 12.1. The van der Waals surface area contributed by atoms with Crippen LogP contribution in [0.25, 0.3) is 11.0 Å². The molecule has 0 bridgehead atoms. The van der Waals surface area contributed by atoms with Gasteiger partial charge in [-0.25, -0.2) is 0 Å². The van der Waals surface area contributed by atoms with Crippen LogP contribution < -0.4 is 11.1 Å². The van der Waals surface area contributed by atoms with Gasteiger partial charge in [-0.3, -0.25) is 14.4 Å². The topological polar surface area (TPSA) is 112 Å². The summed E-state index contributed by atoms with van der Waals surface area (Å²) in [6, 6.07) is 10.2. The largest absolute Gasteiger partial charge is 0.464 e. The number of furan rings is 1. The second kappa shape index (κ2) is 7.96. The van der Waals surface area contributed by atoms with Crippen molar-refractivity contribution in [1.82, 2.24) is 0 Å². The quantitative estimate of drug-likeness (QED) is 0.639. The molecule has 3 rings (SSSR count). The molecule has 3 aromatic rings. The van der Waals surface area contributed by atoms with Gasteiger partial charge < -0.3 is 20.2 Å². The Morgan fingerprint density at radius 1 is 1.11 bits per heavy atom. The predicted molar refractivity (Wildman–Crippen MR) is 104 cm³/mol. The van der Waals surface area contributed by atoms with Gasteiger partial charge in [0, 0.05) is 10.9 Å². The van der Waals surface area contributed by atoms with Crippen LogP contribution in [0.1, 0.15) is 27.0 Å². The maximum Gasteiger partial charge on any atom is 0.310 e. The third kappa shape index (κ3) is 4.20. The van der Waals surface area contributed by atoms with Gasteiger partial charge in [0.05, 0.1) is 23.9 Å². The molecule has 0 radical (unpaired) electrons. The fourth-order valence-corrected chi connectivity index (χ4v) is 2.82. The number of primary amides is 1. The summed E-state index contributed by atoms with van der Waals surface area (Å²) in [5.74, 6) is -1.78. The van der Waals surface area contributed by atoms with Crippen molar-refractivity contribution in [3.05, 3.63) is 64.9 Å². The summed E-state index contributed by atoms with van der Waals surface area (Å²) in [7, 11) is 0. The van der Waals surface area contributed by atoms with Crippen molar-refractivity contribution in [2.45, 2.75) is 20.3 Å². The normalized spacial score (nSPS) is 10.6. The average Bonchev–Trinajstić information content (AvgIpc) is 3.02. The highest BCUT2D eigenvalue weighted by Gasteiger charge is 2.15. The monoisotopic (exact) mass is 380 g/mol. The van der Waals surface area contributed by atoms with Crippen molar-refractivity contribution < 1.29 is 23.5 Å². The molecule has 0 saturated heterocycles. The van der Waals surface area contributed by atoms with E-state index in [4.69, 9.17) is 14.9 Å². The Labute approximate surface area is 161 Å². The minimum atomic E-state index is -0.662. The summed E-state index contributed by atoms with van der Waals surface area (Å²) in [6.45, 7) is 3.50. The molecule has 1 heterocycles. The molecule has 0 unspecified atom stereocenters. The van der Waals surface area contributed by atoms with Gasteiger partial charge in [-0.05, 0) is 49.2 Å². The van der Waals surface area contributed by atoms with Crippen LogP contribution in [0, 0.1) is 13.8 Å². The molecule has 0 atom stereocenters. The minimum Gasteiger partial charge on any atom is -0.464 e. The summed E-state index contributed by atoms with van der Waals surface area (Å²) >= 11 is 0. The zero-order valence-electron chi connectivity index (χ0n) is 15.6. The van der Waals surface area contributed by atoms with E-state index in [-0.39, 0.29) is 17.7 Å². The van der Waals surface area contributed by atoms with Crippen molar-refractivity contribution >= 4 is 34.4 Å². The molecule has 2 amide bonds. The van der Waals surface area contributed by atoms with Crippen LogP contribution in [0.5, 0.6) is 0 Å². The number of hydrogen-bond acceptors (Lipinski definition) is 5. The number of rotatable bonds is 6. The zero-order chi connectivity index (χ0) is 20.3. The summed E-state index contributed by atoms with van der Waals surface area (Å²) in [4.78, 5) is 35.5. The molecule has 28 heavy (non-hydrogen) atoms. The van der Waals surface area contributed by atoms with E-state index in [1.54, 1.807) is 18.2 Å². The molecule has 7 heteroatoms. The summed E-state index contributed by atoms with van der Waals surface area (Å²) in [5.41, 5.74) is 9.31. The van der Waals surface area contributed by atoms with Crippen LogP contribution >= 0.6 is 0 Å². The van der Waals surface area contributed by atoms with E-state index in [1.807, 2.05) is 26.0 Å². The third-order valence-electron chi connectivity index (χ3n) is 4.44. The smallest absolute Gasteiger partial charge is 0.310 e. The lowest BCUT2D eigenvalue weighted by Crippen LogP contribution is -2.23. The number of hydrogen-bond donors (Lipinski definition) is 2. The third-order valence-corrected chi connectivity index (χ3v) is 4.44. The minimum absolute atomic E-state index is 0.0132. The molecule has 144 valence electrons. The van der Waals surface area contributed by atoms with E-state index in [1.165, 1.54) is 12.3 Å². The van der Waals surface area contributed by atoms with Gasteiger partial charge in [0.2, 0.25) is 0 Å². The number of nitrogens with two attached hydrogens (primary N) is 1. The number of carbonyl (C=O) groups excluding carboxylic acids is 3. The van der Waals surface area contributed by atoms with E-state index >= 15 is 0 Å². The van der Waals surface area contributed by atoms with Crippen molar-refractivity contribution in [3.63, 3.8) is 0 Å². The van der Waals surface area contributed by atoms with Gasteiger partial charge in [-0.2, -0.15) is 0 Å². The van der Waals surface area contributed by atoms with Gasteiger partial charge in [0.25, 0.3) is 11.8 Å². The first-order valence-corrected chi connectivity index (χ1v) is 8.67. The molecule has 0 aliphatic rings. The number of anilines is 1. The Bertz CT molecular complexity index is 1070. The number of para-hydroxylation sites is 1. The van der Waals surface area contributed by atoms with Crippen LogP contribution in [0.3, 0.4) is 0 Å². The van der Waals surface area contributed by atoms with Gasteiger partial charge in [0.15, 0.2) is 6.61 Å². The average molecular weight is 380 g/mol. The standard InChI is InChI=1S/C21H20N2O5/c1-12-7-16-14(10-27-18(16)8-13(12)2)9-20(25)28-11-19(24)23-17-6-4-3-5-15(17)21(22)26/h3-8,10H,9,11H2,1-2H3,(H2,22,26)(H,23,24). The van der Waals surface area contributed by atoms with Crippen LogP contribution in [0.2, 0.25) is 0 Å². The predicted octanol–water partition coefficient (Wildman–Crippen LogP) is 2.87. The van der Waals surface area contributed by atoms with E-state index in [9.17, 15) is 14.4 Å². The Morgan fingerprint density at radius 2 is 1.82 bits per heavy atom. The number of esters is 1. The Morgan fingerprint density at radius 3 is 2.57 bits per heavy atom. The molecule has 0 fully saturated rings. The van der Waals surface area contributed by atoms with Gasteiger partial charge in [-0.15, -0.1) is 0 Å². The first kappa shape index (κ1) is 19.2. The molecule has 3 N–H and O–H groups in total. The Balaban J connectivity index is 1.60. The van der Waals surface area contributed by atoms with Crippen LogP contribution in [-0.4, -0.2) is 24.4 Å². The molecule has 0 saturated carbocycles. The van der Waals surface area contributed by atoms with E-state index < -0.39 is 24.4 Å². The number of fused-ring (bicyclic) bond motifs is 1. The Hall–Kier alpha value is -3.61. The number of nitrogens with one attached hydrogen (secondary N) is 1. The summed E-state index contributed by atoms with van der Waals surface area (Å²) < 4.78 is 10.5. The molecule has 0 aliphatic carbocycles. The molecule has 0 aliphatic heterocycles. The summed E-state index contributed by atoms with van der Waals surface area (Å²) in [5, 5.41) is 3.36. The van der Waals surface area contributed by atoms with Crippen LogP contribution in [0.15, 0.2) is 47.1 Å². The zero-order valence-corrected chi connectivity index (χ0v) is 15.6. The molecule has 7 nitrogen and oxygen atoms in total. The Kier molecular flexibility index (Phi) is 5.44. The number of ether oxygens (including phenoxy) is 1. The highest BCUT2D eigenvalue weighted by atomic mass is 16.5. The highest BCUT2D eigenvalue weighted by Crippen LogP contribution is 2.25. The van der Waals surface area contributed by atoms with E-state index in [0.717, 1.165) is 16.5 Å². The second-order valence-corrected chi connectivity index (χ2v) is 6.49. The SMILES string of the molecule is Cc1cc2occ(CC(=O)OCC(=O)Nc3ccccc3C(N)=O)c2cc1C. The molecule has 2 aromatic carbocycles. The van der Waals surface area contributed by atoms with E-state index in [2.05, 4.69) is 5.32 Å². The molecule has 0 spiro atoms. The maximum absolute atomic E-state index is 12.1.